The van der Waals surface area contributed by atoms with E-state index in [1.54, 1.807) is 7.11 Å². The molecule has 0 aromatic carbocycles. The molecular formula is C16H29ClN2O3. The Morgan fingerprint density at radius 2 is 1.86 bits per heavy atom. The van der Waals surface area contributed by atoms with Crippen LogP contribution in [-0.4, -0.2) is 63.9 Å². The van der Waals surface area contributed by atoms with Crippen molar-refractivity contribution in [3.63, 3.8) is 0 Å². The average molecular weight is 333 g/mol. The molecule has 3 aliphatic heterocycles. The number of methoxy groups -OCH3 is 1. The van der Waals surface area contributed by atoms with Crippen molar-refractivity contribution in [1.82, 2.24) is 10.2 Å². The van der Waals surface area contributed by atoms with E-state index in [1.807, 2.05) is 0 Å². The summed E-state index contributed by atoms with van der Waals surface area (Å²) in [6.45, 7) is 5.94. The van der Waals surface area contributed by atoms with Crippen molar-refractivity contribution in [1.29, 1.82) is 0 Å². The summed E-state index contributed by atoms with van der Waals surface area (Å²) in [7, 11) is 1.71. The van der Waals surface area contributed by atoms with Crippen molar-refractivity contribution in [2.75, 3.05) is 53.1 Å². The van der Waals surface area contributed by atoms with Gasteiger partial charge in [-0.3, -0.25) is 4.79 Å². The first-order chi connectivity index (χ1) is 10.2. The second kappa shape index (κ2) is 7.47. The minimum Gasteiger partial charge on any atom is -0.384 e. The molecule has 3 fully saturated rings. The van der Waals surface area contributed by atoms with Gasteiger partial charge < -0.3 is 19.7 Å². The largest absolute Gasteiger partial charge is 0.384 e. The molecule has 0 saturated carbocycles. The van der Waals surface area contributed by atoms with Crippen LogP contribution in [0.3, 0.4) is 0 Å². The second-order valence-electron chi connectivity index (χ2n) is 7.05. The Balaban J connectivity index is 0.00000176. The Bertz CT molecular complexity index is 374. The Kier molecular flexibility index (Phi) is 6.11. The van der Waals surface area contributed by atoms with Crippen molar-refractivity contribution in [3.05, 3.63) is 0 Å². The van der Waals surface area contributed by atoms with Gasteiger partial charge in [-0.1, -0.05) is 0 Å². The first kappa shape index (κ1) is 18.0. The van der Waals surface area contributed by atoms with Crippen LogP contribution in [0.5, 0.6) is 0 Å². The number of piperidine rings is 1. The third-order valence-corrected chi connectivity index (χ3v) is 5.71. The van der Waals surface area contributed by atoms with Crippen LogP contribution < -0.4 is 5.32 Å². The number of hydrogen-bond acceptors (Lipinski definition) is 4. The lowest BCUT2D eigenvalue weighted by Crippen LogP contribution is -2.51. The van der Waals surface area contributed by atoms with Crippen molar-refractivity contribution in [3.8, 4) is 0 Å². The van der Waals surface area contributed by atoms with Gasteiger partial charge >= 0.3 is 0 Å². The number of amides is 1. The molecule has 0 unspecified atom stereocenters. The van der Waals surface area contributed by atoms with Gasteiger partial charge in [0.05, 0.1) is 12.0 Å². The fourth-order valence-electron chi connectivity index (χ4n) is 4.26. The third kappa shape index (κ3) is 3.42. The number of nitrogens with zero attached hydrogens (tertiary/aromatic N) is 1. The van der Waals surface area contributed by atoms with E-state index in [9.17, 15) is 4.79 Å². The number of likely N-dealkylation sites (tertiary alicyclic amines) is 1. The molecular weight excluding hydrogens is 304 g/mol. The maximum Gasteiger partial charge on any atom is 0.231 e. The fraction of sp³-hybridized carbons (Fsp3) is 0.938. The SMILES string of the molecule is COCC1(C(=O)N2CCC3(CCOCC3)C2)CCNCC1.Cl. The molecule has 5 nitrogen and oxygen atoms in total. The molecule has 22 heavy (non-hydrogen) atoms. The van der Waals surface area contributed by atoms with Crippen LogP contribution in [0.2, 0.25) is 0 Å². The highest BCUT2D eigenvalue weighted by atomic mass is 35.5. The van der Waals surface area contributed by atoms with Crippen LogP contribution in [0, 0.1) is 10.8 Å². The van der Waals surface area contributed by atoms with E-state index in [0.717, 1.165) is 71.5 Å². The summed E-state index contributed by atoms with van der Waals surface area (Å²) in [6.07, 6.45) is 5.15. The van der Waals surface area contributed by atoms with Crippen molar-refractivity contribution in [2.45, 2.75) is 32.1 Å². The molecule has 3 heterocycles. The lowest BCUT2D eigenvalue weighted by atomic mass is 9.77. The van der Waals surface area contributed by atoms with E-state index in [1.165, 1.54) is 0 Å². The third-order valence-electron chi connectivity index (χ3n) is 5.71. The topological polar surface area (TPSA) is 50.8 Å². The molecule has 1 spiro atoms. The zero-order valence-corrected chi connectivity index (χ0v) is 14.4. The van der Waals surface area contributed by atoms with E-state index in [4.69, 9.17) is 9.47 Å². The van der Waals surface area contributed by atoms with Crippen molar-refractivity contribution >= 4 is 18.3 Å². The molecule has 0 atom stereocenters. The van der Waals surface area contributed by atoms with Crippen LogP contribution in [0.4, 0.5) is 0 Å². The lowest BCUT2D eigenvalue weighted by Gasteiger charge is -2.39. The van der Waals surface area contributed by atoms with Crippen LogP contribution >= 0.6 is 12.4 Å². The number of nitrogens with one attached hydrogen (secondary N) is 1. The predicted octanol–water partition coefficient (Wildman–Crippen LogP) is 1.45. The van der Waals surface area contributed by atoms with Gasteiger partial charge in [-0.05, 0) is 50.6 Å². The van der Waals surface area contributed by atoms with E-state index >= 15 is 0 Å². The Hall–Kier alpha value is -0.360. The standard InChI is InChI=1S/C16H28N2O3.ClH/c1-20-13-16(2-7-17-8-3-16)14(19)18-9-4-15(12-18)5-10-21-11-6-15;/h17H,2-13H2,1H3;1H. The number of carbonyl (C=O) groups excluding carboxylic acids is 1. The summed E-state index contributed by atoms with van der Waals surface area (Å²) < 4.78 is 10.9. The normalized spacial score (nSPS) is 26.7. The van der Waals surface area contributed by atoms with Crippen LogP contribution in [-0.2, 0) is 14.3 Å². The highest BCUT2D eigenvalue weighted by Gasteiger charge is 2.47. The summed E-state index contributed by atoms with van der Waals surface area (Å²) in [5, 5.41) is 3.36. The van der Waals surface area contributed by atoms with Gasteiger partial charge in [-0.2, -0.15) is 0 Å². The molecule has 3 aliphatic rings. The van der Waals surface area contributed by atoms with E-state index in [2.05, 4.69) is 10.2 Å². The van der Waals surface area contributed by atoms with Gasteiger partial charge in [0.15, 0.2) is 0 Å². The summed E-state index contributed by atoms with van der Waals surface area (Å²) in [6, 6.07) is 0. The van der Waals surface area contributed by atoms with Crippen LogP contribution in [0.25, 0.3) is 0 Å². The van der Waals surface area contributed by atoms with Crippen LogP contribution in [0.15, 0.2) is 0 Å². The highest BCUT2D eigenvalue weighted by molar-refractivity contribution is 5.85. The minimum absolute atomic E-state index is 0. The average Bonchev–Trinajstić information content (AvgIpc) is 2.92. The first-order valence-corrected chi connectivity index (χ1v) is 8.27. The molecule has 1 amide bonds. The van der Waals surface area contributed by atoms with E-state index < -0.39 is 0 Å². The van der Waals surface area contributed by atoms with E-state index in [0.29, 0.717) is 17.9 Å². The summed E-state index contributed by atoms with van der Waals surface area (Å²) in [4.78, 5) is 15.2. The van der Waals surface area contributed by atoms with Gasteiger partial charge in [0, 0.05) is 33.4 Å². The monoisotopic (exact) mass is 332 g/mol. The highest BCUT2D eigenvalue weighted by Crippen LogP contribution is 2.42. The van der Waals surface area contributed by atoms with Gasteiger partial charge in [0.25, 0.3) is 0 Å². The number of halogens is 1. The number of carbonyl (C=O) groups is 1. The Morgan fingerprint density at radius 3 is 2.50 bits per heavy atom. The lowest BCUT2D eigenvalue weighted by molar-refractivity contribution is -0.147. The molecule has 6 heteroatoms. The smallest absolute Gasteiger partial charge is 0.231 e. The van der Waals surface area contributed by atoms with Gasteiger partial charge in [0.1, 0.15) is 0 Å². The summed E-state index contributed by atoms with van der Waals surface area (Å²) in [5.74, 6) is 0.328. The number of ether oxygens (including phenoxy) is 2. The van der Waals surface area contributed by atoms with Gasteiger partial charge in [-0.25, -0.2) is 0 Å². The molecule has 0 aromatic heterocycles. The van der Waals surface area contributed by atoms with Gasteiger partial charge in [-0.15, -0.1) is 12.4 Å². The Morgan fingerprint density at radius 1 is 1.18 bits per heavy atom. The molecule has 128 valence electrons. The molecule has 1 N–H and O–H groups in total. The zero-order chi connectivity index (χ0) is 14.8. The molecule has 0 aliphatic carbocycles. The predicted molar refractivity (Wildman–Crippen MR) is 87.3 cm³/mol. The summed E-state index contributed by atoms with van der Waals surface area (Å²) >= 11 is 0. The van der Waals surface area contributed by atoms with E-state index in [-0.39, 0.29) is 17.8 Å². The fourth-order valence-corrected chi connectivity index (χ4v) is 4.26. The quantitative estimate of drug-likeness (QED) is 0.850. The van der Waals surface area contributed by atoms with Crippen molar-refractivity contribution in [2.24, 2.45) is 10.8 Å². The Labute approximate surface area is 139 Å². The van der Waals surface area contributed by atoms with Crippen LogP contribution in [0.1, 0.15) is 32.1 Å². The van der Waals surface area contributed by atoms with Gasteiger partial charge in [0.2, 0.25) is 5.91 Å². The summed E-state index contributed by atoms with van der Waals surface area (Å²) in [5.41, 5.74) is 0.0335. The maximum atomic E-state index is 13.1. The molecule has 3 saturated heterocycles. The zero-order valence-electron chi connectivity index (χ0n) is 13.6. The molecule has 0 radical (unpaired) electrons. The molecule has 0 bridgehead atoms. The first-order valence-electron chi connectivity index (χ1n) is 8.27. The maximum absolute atomic E-state index is 13.1. The molecule has 0 aromatic rings. The second-order valence-corrected chi connectivity index (χ2v) is 7.05. The molecule has 3 rings (SSSR count). The van der Waals surface area contributed by atoms with Crippen molar-refractivity contribution < 1.29 is 14.3 Å². The number of rotatable bonds is 3. The number of hydrogen-bond donors (Lipinski definition) is 1. The minimum atomic E-state index is -0.295.